The maximum absolute atomic E-state index is 13.0. The Bertz CT molecular complexity index is 725. The molecule has 0 saturated carbocycles. The molecule has 23 heavy (non-hydrogen) atoms. The summed E-state index contributed by atoms with van der Waals surface area (Å²) in [5, 5.41) is 0. The van der Waals surface area contributed by atoms with Gasteiger partial charge in [-0.05, 0) is 49.2 Å². The van der Waals surface area contributed by atoms with Gasteiger partial charge in [0.15, 0.2) is 0 Å². The molecule has 5 heteroatoms. The Morgan fingerprint density at radius 1 is 0.870 bits per heavy atom. The van der Waals surface area contributed by atoms with Crippen molar-refractivity contribution in [2.45, 2.75) is 26.7 Å². The molecule has 0 atom stereocenters. The lowest BCUT2D eigenvalue weighted by Gasteiger charge is -2.07. The van der Waals surface area contributed by atoms with Crippen LogP contribution in [0, 0.1) is 19.7 Å². The molecular formula is C18H17FO4. The van der Waals surface area contributed by atoms with Crippen molar-refractivity contribution < 1.29 is 23.5 Å². The number of carbonyl (C=O) groups is 2. The molecule has 2 aromatic carbocycles. The number of rotatable bonds is 5. The molecule has 0 fully saturated rings. The molecule has 2 rings (SSSR count). The minimum Gasteiger partial charge on any atom is -0.427 e. The van der Waals surface area contributed by atoms with Gasteiger partial charge in [0.05, 0.1) is 12.8 Å². The van der Waals surface area contributed by atoms with Crippen molar-refractivity contribution in [3.63, 3.8) is 0 Å². The monoisotopic (exact) mass is 316 g/mol. The SMILES string of the molecule is Cc1ccc(OC(=O)CCC(=O)Oc2cccc(F)c2)cc1C. The predicted molar refractivity (Wildman–Crippen MR) is 82.8 cm³/mol. The summed E-state index contributed by atoms with van der Waals surface area (Å²) in [6, 6.07) is 10.6. The minimum absolute atomic E-state index is 0.109. The Hall–Kier alpha value is -2.69. The zero-order valence-electron chi connectivity index (χ0n) is 13.0. The van der Waals surface area contributed by atoms with E-state index in [0.717, 1.165) is 17.2 Å². The summed E-state index contributed by atoms with van der Waals surface area (Å²) in [7, 11) is 0. The lowest BCUT2D eigenvalue weighted by molar-refractivity contribution is -0.140. The van der Waals surface area contributed by atoms with Crippen LogP contribution in [-0.4, -0.2) is 11.9 Å². The van der Waals surface area contributed by atoms with Gasteiger partial charge in [0.25, 0.3) is 0 Å². The topological polar surface area (TPSA) is 52.6 Å². The largest absolute Gasteiger partial charge is 0.427 e. The highest BCUT2D eigenvalue weighted by Crippen LogP contribution is 2.17. The first-order valence-electron chi connectivity index (χ1n) is 7.18. The molecule has 0 saturated heterocycles. The molecule has 0 aromatic heterocycles. The van der Waals surface area contributed by atoms with Gasteiger partial charge in [0, 0.05) is 6.07 Å². The predicted octanol–water partition coefficient (Wildman–Crippen LogP) is 3.73. The van der Waals surface area contributed by atoms with Crippen LogP contribution in [0.1, 0.15) is 24.0 Å². The van der Waals surface area contributed by atoms with Crippen molar-refractivity contribution in [3.8, 4) is 11.5 Å². The third-order valence-corrected chi connectivity index (χ3v) is 3.27. The number of ether oxygens (including phenoxy) is 2. The lowest BCUT2D eigenvalue weighted by atomic mass is 10.1. The van der Waals surface area contributed by atoms with Crippen LogP contribution in [0.15, 0.2) is 42.5 Å². The molecule has 0 aliphatic rings. The fraction of sp³-hybridized carbons (Fsp3) is 0.222. The van der Waals surface area contributed by atoms with Gasteiger partial charge in [-0.25, -0.2) is 4.39 Å². The van der Waals surface area contributed by atoms with Crippen molar-refractivity contribution in [3.05, 3.63) is 59.4 Å². The summed E-state index contributed by atoms with van der Waals surface area (Å²) in [5.74, 6) is -1.09. The van der Waals surface area contributed by atoms with Crippen molar-refractivity contribution >= 4 is 11.9 Å². The van der Waals surface area contributed by atoms with Crippen LogP contribution in [-0.2, 0) is 9.59 Å². The van der Waals surface area contributed by atoms with E-state index in [0.29, 0.717) is 5.75 Å². The van der Waals surface area contributed by atoms with E-state index >= 15 is 0 Å². The minimum atomic E-state index is -0.618. The Morgan fingerprint density at radius 3 is 2.04 bits per heavy atom. The summed E-state index contributed by atoms with van der Waals surface area (Å²) in [6.07, 6.45) is -0.249. The van der Waals surface area contributed by atoms with Crippen molar-refractivity contribution in [2.75, 3.05) is 0 Å². The van der Waals surface area contributed by atoms with Gasteiger partial charge in [0.1, 0.15) is 17.3 Å². The average Bonchev–Trinajstić information content (AvgIpc) is 2.49. The Labute approximate surface area is 133 Å². The first-order chi connectivity index (χ1) is 10.9. The number of carbonyl (C=O) groups excluding carboxylic acids is 2. The van der Waals surface area contributed by atoms with Gasteiger partial charge < -0.3 is 9.47 Å². The lowest BCUT2D eigenvalue weighted by Crippen LogP contribution is -2.14. The van der Waals surface area contributed by atoms with Crippen LogP contribution in [0.4, 0.5) is 4.39 Å². The van der Waals surface area contributed by atoms with Gasteiger partial charge in [-0.2, -0.15) is 0 Å². The molecule has 4 nitrogen and oxygen atoms in total. The van der Waals surface area contributed by atoms with Gasteiger partial charge in [0.2, 0.25) is 0 Å². The second kappa shape index (κ2) is 7.54. The summed E-state index contributed by atoms with van der Waals surface area (Å²) in [4.78, 5) is 23.4. The first-order valence-corrected chi connectivity index (χ1v) is 7.18. The standard InChI is InChI=1S/C18H17FO4/c1-12-6-7-16(10-13(12)2)23-18(21)9-8-17(20)22-15-5-3-4-14(19)11-15/h3-7,10-11H,8-9H2,1-2H3. The maximum Gasteiger partial charge on any atom is 0.311 e. The molecule has 0 unspecified atom stereocenters. The number of hydrogen-bond donors (Lipinski definition) is 0. The molecule has 0 aliphatic heterocycles. The molecule has 120 valence electrons. The average molecular weight is 316 g/mol. The fourth-order valence-electron chi connectivity index (χ4n) is 1.88. The van der Waals surface area contributed by atoms with E-state index in [1.807, 2.05) is 19.9 Å². The molecule has 2 aromatic rings. The third-order valence-electron chi connectivity index (χ3n) is 3.27. The van der Waals surface area contributed by atoms with Crippen LogP contribution in [0.2, 0.25) is 0 Å². The number of esters is 2. The Kier molecular flexibility index (Phi) is 5.46. The number of halogens is 1. The number of benzene rings is 2. The molecule has 0 radical (unpaired) electrons. The number of aryl methyl sites for hydroxylation is 2. The zero-order valence-corrected chi connectivity index (χ0v) is 13.0. The second-order valence-corrected chi connectivity index (χ2v) is 5.15. The van der Waals surface area contributed by atoms with E-state index in [1.165, 1.54) is 18.2 Å². The van der Waals surface area contributed by atoms with Crippen molar-refractivity contribution in [1.82, 2.24) is 0 Å². The van der Waals surface area contributed by atoms with Crippen LogP contribution in [0.25, 0.3) is 0 Å². The fourth-order valence-corrected chi connectivity index (χ4v) is 1.88. The highest BCUT2D eigenvalue weighted by molar-refractivity contribution is 5.80. The van der Waals surface area contributed by atoms with Gasteiger partial charge in [-0.3, -0.25) is 9.59 Å². The molecule has 0 N–H and O–H groups in total. The molecule has 0 spiro atoms. The van der Waals surface area contributed by atoms with Gasteiger partial charge in [-0.15, -0.1) is 0 Å². The van der Waals surface area contributed by atoms with Crippen LogP contribution >= 0.6 is 0 Å². The summed E-state index contributed by atoms with van der Waals surface area (Å²) in [6.45, 7) is 3.88. The molecular weight excluding hydrogens is 299 g/mol. The number of hydrogen-bond acceptors (Lipinski definition) is 4. The molecule has 0 heterocycles. The van der Waals surface area contributed by atoms with E-state index in [-0.39, 0.29) is 18.6 Å². The summed E-state index contributed by atoms with van der Waals surface area (Å²) < 4.78 is 23.1. The van der Waals surface area contributed by atoms with Crippen molar-refractivity contribution in [1.29, 1.82) is 0 Å². The normalized spacial score (nSPS) is 10.2. The van der Waals surface area contributed by atoms with E-state index in [9.17, 15) is 14.0 Å². The van der Waals surface area contributed by atoms with Crippen LogP contribution < -0.4 is 9.47 Å². The first kappa shape index (κ1) is 16.7. The van der Waals surface area contributed by atoms with E-state index in [2.05, 4.69) is 0 Å². The van der Waals surface area contributed by atoms with Crippen LogP contribution in [0.5, 0.6) is 11.5 Å². The molecule has 0 bridgehead atoms. The molecule has 0 aliphatic carbocycles. The Morgan fingerprint density at radius 2 is 1.48 bits per heavy atom. The smallest absolute Gasteiger partial charge is 0.311 e. The zero-order chi connectivity index (χ0) is 16.8. The third kappa shape index (κ3) is 5.21. The van der Waals surface area contributed by atoms with E-state index < -0.39 is 17.8 Å². The summed E-state index contributed by atoms with van der Waals surface area (Å²) in [5.41, 5.74) is 2.12. The van der Waals surface area contributed by atoms with Crippen molar-refractivity contribution in [2.24, 2.45) is 0 Å². The van der Waals surface area contributed by atoms with Crippen LogP contribution in [0.3, 0.4) is 0 Å². The maximum atomic E-state index is 13.0. The van der Waals surface area contributed by atoms with E-state index in [4.69, 9.17) is 9.47 Å². The quantitative estimate of drug-likeness (QED) is 0.623. The Balaban J connectivity index is 1.81. The second-order valence-electron chi connectivity index (χ2n) is 5.15. The highest BCUT2D eigenvalue weighted by atomic mass is 19.1. The summed E-state index contributed by atoms with van der Waals surface area (Å²) >= 11 is 0. The van der Waals surface area contributed by atoms with E-state index in [1.54, 1.807) is 12.1 Å². The van der Waals surface area contributed by atoms with Gasteiger partial charge >= 0.3 is 11.9 Å². The van der Waals surface area contributed by atoms with Gasteiger partial charge in [-0.1, -0.05) is 12.1 Å². The highest BCUT2D eigenvalue weighted by Gasteiger charge is 2.11. The molecule has 0 amide bonds.